The largest absolute Gasteiger partial charge is 0.379 e. The minimum absolute atomic E-state index is 0.0722. The summed E-state index contributed by atoms with van der Waals surface area (Å²) in [6.07, 6.45) is 8.53. The van der Waals surface area contributed by atoms with Crippen molar-refractivity contribution < 1.29 is 4.74 Å². The van der Waals surface area contributed by atoms with Gasteiger partial charge in [0.05, 0.1) is 5.60 Å². The molecule has 0 bridgehead atoms. The van der Waals surface area contributed by atoms with Gasteiger partial charge in [-0.1, -0.05) is 19.3 Å². The molecule has 1 aliphatic rings. The second-order valence-corrected chi connectivity index (χ2v) is 6.78. The van der Waals surface area contributed by atoms with Crippen LogP contribution in [0.3, 0.4) is 0 Å². The Morgan fingerprint density at radius 3 is 2.26 bits per heavy atom. The maximum atomic E-state index is 5.88. The zero-order valence-corrected chi connectivity index (χ0v) is 13.5. The molecule has 1 saturated carbocycles. The number of ether oxygens (including phenoxy) is 1. The highest BCUT2D eigenvalue weighted by molar-refractivity contribution is 5.00. The minimum atomic E-state index is -0.0722. The first-order valence-corrected chi connectivity index (χ1v) is 7.57. The van der Waals surface area contributed by atoms with E-state index < -0.39 is 0 Å². The molecule has 0 aliphatic heterocycles. The zero-order valence-electron chi connectivity index (χ0n) is 13.5. The Bertz CT molecular complexity index is 260. The molecule has 19 heavy (non-hydrogen) atoms. The molecule has 0 radical (unpaired) electrons. The SMILES string of the molecule is COC(C)(C)CCC(NN)C1(N(C)C)CCCCC1. The lowest BCUT2D eigenvalue weighted by Crippen LogP contribution is -2.61. The quantitative estimate of drug-likeness (QED) is 0.551. The van der Waals surface area contributed by atoms with Crippen molar-refractivity contribution in [3.8, 4) is 0 Å². The third-order valence-corrected chi connectivity index (χ3v) is 5.05. The van der Waals surface area contributed by atoms with Gasteiger partial charge >= 0.3 is 0 Å². The second kappa shape index (κ2) is 7.02. The Labute approximate surface area is 119 Å². The lowest BCUT2D eigenvalue weighted by Gasteiger charge is -2.49. The highest BCUT2D eigenvalue weighted by Crippen LogP contribution is 2.37. The van der Waals surface area contributed by atoms with Crippen LogP contribution in [0.15, 0.2) is 0 Å². The van der Waals surface area contributed by atoms with Crippen LogP contribution in [0.4, 0.5) is 0 Å². The molecule has 1 aliphatic carbocycles. The number of hydrogen-bond acceptors (Lipinski definition) is 4. The van der Waals surface area contributed by atoms with E-state index in [9.17, 15) is 0 Å². The highest BCUT2D eigenvalue weighted by Gasteiger charge is 2.41. The summed E-state index contributed by atoms with van der Waals surface area (Å²) in [5, 5.41) is 0. The van der Waals surface area contributed by atoms with Gasteiger partial charge in [0.25, 0.3) is 0 Å². The topological polar surface area (TPSA) is 50.5 Å². The summed E-state index contributed by atoms with van der Waals surface area (Å²) >= 11 is 0. The maximum absolute atomic E-state index is 5.88. The third-order valence-electron chi connectivity index (χ3n) is 5.05. The van der Waals surface area contributed by atoms with Crippen molar-refractivity contribution in [2.75, 3.05) is 21.2 Å². The summed E-state index contributed by atoms with van der Waals surface area (Å²) in [5.74, 6) is 5.88. The van der Waals surface area contributed by atoms with E-state index in [1.54, 1.807) is 7.11 Å². The molecule has 0 amide bonds. The van der Waals surface area contributed by atoms with Crippen LogP contribution in [-0.4, -0.2) is 43.3 Å². The van der Waals surface area contributed by atoms with Crippen molar-refractivity contribution in [3.63, 3.8) is 0 Å². The first kappa shape index (κ1) is 16.9. The van der Waals surface area contributed by atoms with Gasteiger partial charge in [-0.3, -0.25) is 11.3 Å². The molecule has 0 aromatic carbocycles. The fraction of sp³-hybridized carbons (Fsp3) is 1.00. The summed E-state index contributed by atoms with van der Waals surface area (Å²) in [6, 6.07) is 0.331. The van der Waals surface area contributed by atoms with Crippen molar-refractivity contribution in [3.05, 3.63) is 0 Å². The lowest BCUT2D eigenvalue weighted by atomic mass is 9.73. The van der Waals surface area contributed by atoms with E-state index in [0.717, 1.165) is 12.8 Å². The third kappa shape index (κ3) is 4.15. The summed E-state index contributed by atoms with van der Waals surface area (Å²) < 4.78 is 5.53. The van der Waals surface area contributed by atoms with Gasteiger partial charge in [0.2, 0.25) is 0 Å². The average molecular weight is 271 g/mol. The average Bonchev–Trinajstić information content (AvgIpc) is 2.40. The molecule has 3 N–H and O–H groups in total. The number of hydrogen-bond donors (Lipinski definition) is 2. The van der Waals surface area contributed by atoms with E-state index in [-0.39, 0.29) is 11.1 Å². The lowest BCUT2D eigenvalue weighted by molar-refractivity contribution is -0.00205. The highest BCUT2D eigenvalue weighted by atomic mass is 16.5. The molecule has 1 fully saturated rings. The number of likely N-dealkylation sites (N-methyl/N-ethyl adjacent to an activating group) is 1. The van der Waals surface area contributed by atoms with E-state index in [0.29, 0.717) is 6.04 Å². The van der Waals surface area contributed by atoms with Gasteiger partial charge in [-0.05, 0) is 53.6 Å². The maximum Gasteiger partial charge on any atom is 0.0623 e. The molecular formula is C15H33N3O. The Kier molecular flexibility index (Phi) is 6.24. The van der Waals surface area contributed by atoms with Crippen LogP contribution in [0.2, 0.25) is 0 Å². The van der Waals surface area contributed by atoms with Crippen LogP contribution in [0, 0.1) is 0 Å². The standard InChI is InChI=1S/C15H33N3O/c1-14(2,19-5)12-9-13(17-16)15(18(3)4)10-7-6-8-11-15/h13,17H,6-12,16H2,1-5H3. The van der Waals surface area contributed by atoms with Gasteiger partial charge < -0.3 is 9.64 Å². The van der Waals surface area contributed by atoms with E-state index in [4.69, 9.17) is 10.6 Å². The van der Waals surface area contributed by atoms with Crippen LogP contribution in [-0.2, 0) is 4.74 Å². The molecule has 1 atom stereocenters. The summed E-state index contributed by atoms with van der Waals surface area (Å²) in [7, 11) is 6.17. The normalized spacial score (nSPS) is 21.6. The van der Waals surface area contributed by atoms with E-state index in [2.05, 4.69) is 38.3 Å². The van der Waals surface area contributed by atoms with Gasteiger partial charge in [0, 0.05) is 18.7 Å². The Balaban J connectivity index is 2.74. The molecule has 1 rings (SSSR count). The van der Waals surface area contributed by atoms with E-state index in [1.807, 2.05) is 0 Å². The fourth-order valence-corrected chi connectivity index (χ4v) is 3.37. The van der Waals surface area contributed by atoms with Crippen molar-refractivity contribution in [2.24, 2.45) is 5.84 Å². The molecule has 0 aromatic rings. The molecule has 0 aromatic heterocycles. The Morgan fingerprint density at radius 2 is 1.84 bits per heavy atom. The van der Waals surface area contributed by atoms with Crippen molar-refractivity contribution >= 4 is 0 Å². The van der Waals surface area contributed by atoms with Crippen molar-refractivity contribution in [2.45, 2.75) is 76.0 Å². The Hall–Kier alpha value is -0.160. The second-order valence-electron chi connectivity index (χ2n) is 6.78. The van der Waals surface area contributed by atoms with Crippen molar-refractivity contribution in [1.82, 2.24) is 10.3 Å². The number of nitrogens with zero attached hydrogens (tertiary/aromatic N) is 1. The van der Waals surface area contributed by atoms with Crippen molar-refractivity contribution in [1.29, 1.82) is 0 Å². The number of methoxy groups -OCH3 is 1. The number of nitrogens with two attached hydrogens (primary N) is 1. The molecular weight excluding hydrogens is 238 g/mol. The van der Waals surface area contributed by atoms with Crippen LogP contribution >= 0.6 is 0 Å². The van der Waals surface area contributed by atoms with Gasteiger partial charge in [0.1, 0.15) is 0 Å². The van der Waals surface area contributed by atoms with Crippen LogP contribution in [0.25, 0.3) is 0 Å². The smallest absolute Gasteiger partial charge is 0.0623 e. The van der Waals surface area contributed by atoms with Crippen LogP contribution < -0.4 is 11.3 Å². The summed E-state index contributed by atoms with van der Waals surface area (Å²) in [4.78, 5) is 2.39. The monoisotopic (exact) mass is 271 g/mol. The molecule has 114 valence electrons. The Morgan fingerprint density at radius 1 is 1.26 bits per heavy atom. The molecule has 4 heteroatoms. The predicted molar refractivity (Wildman–Crippen MR) is 80.9 cm³/mol. The van der Waals surface area contributed by atoms with Gasteiger partial charge in [-0.25, -0.2) is 0 Å². The molecule has 1 unspecified atom stereocenters. The van der Waals surface area contributed by atoms with Crippen LogP contribution in [0.5, 0.6) is 0 Å². The van der Waals surface area contributed by atoms with E-state index >= 15 is 0 Å². The van der Waals surface area contributed by atoms with Gasteiger partial charge in [-0.2, -0.15) is 0 Å². The number of nitrogens with one attached hydrogen (secondary N) is 1. The number of hydrazine groups is 1. The molecule has 0 spiro atoms. The minimum Gasteiger partial charge on any atom is -0.379 e. The molecule has 0 heterocycles. The van der Waals surface area contributed by atoms with Gasteiger partial charge in [-0.15, -0.1) is 0 Å². The van der Waals surface area contributed by atoms with E-state index in [1.165, 1.54) is 32.1 Å². The van der Waals surface area contributed by atoms with Gasteiger partial charge in [0.15, 0.2) is 0 Å². The molecule has 4 nitrogen and oxygen atoms in total. The summed E-state index contributed by atoms with van der Waals surface area (Å²) in [5.41, 5.74) is 3.23. The zero-order chi connectivity index (χ0) is 14.5. The molecule has 0 saturated heterocycles. The van der Waals surface area contributed by atoms with Crippen LogP contribution in [0.1, 0.15) is 58.8 Å². The first-order valence-electron chi connectivity index (χ1n) is 7.57. The predicted octanol–water partition coefficient (Wildman–Crippen LogP) is 2.29. The number of rotatable bonds is 7. The first-order chi connectivity index (χ1) is 8.88. The summed E-state index contributed by atoms with van der Waals surface area (Å²) in [6.45, 7) is 4.29. The fourth-order valence-electron chi connectivity index (χ4n) is 3.37.